The number of morpholine rings is 1. The predicted octanol–water partition coefficient (Wildman–Crippen LogP) is 1.12. The Bertz CT molecular complexity index is 926. The molecule has 5 saturated heterocycles. The lowest BCUT2D eigenvalue weighted by atomic mass is 9.78. The van der Waals surface area contributed by atoms with Gasteiger partial charge in [-0.2, -0.15) is 5.26 Å². The molecule has 10 nitrogen and oxygen atoms in total. The zero-order valence-electron chi connectivity index (χ0n) is 24.3. The molecule has 0 aromatic heterocycles. The zero-order valence-corrected chi connectivity index (χ0v) is 24.3. The number of halogens is 2. The van der Waals surface area contributed by atoms with E-state index < -0.39 is 17.4 Å². The number of rotatable bonds is 7. The van der Waals surface area contributed by atoms with Crippen molar-refractivity contribution >= 4 is 11.8 Å². The van der Waals surface area contributed by atoms with Gasteiger partial charge in [0, 0.05) is 105 Å². The molecule has 5 aliphatic rings. The van der Waals surface area contributed by atoms with Crippen molar-refractivity contribution in [2.24, 2.45) is 11.3 Å². The van der Waals surface area contributed by atoms with Crippen LogP contribution in [0.1, 0.15) is 38.5 Å². The van der Waals surface area contributed by atoms with E-state index in [0.29, 0.717) is 77.8 Å². The summed E-state index contributed by atoms with van der Waals surface area (Å²) in [4.78, 5) is 37.5. The fourth-order valence-corrected chi connectivity index (χ4v) is 6.98. The van der Waals surface area contributed by atoms with Gasteiger partial charge < -0.3 is 29.1 Å². The average Bonchev–Trinajstić information content (AvgIpc) is 3.01. The smallest absolute Gasteiger partial charge is 0.250 e. The van der Waals surface area contributed by atoms with Crippen LogP contribution < -0.4 is 0 Å². The number of carbonyl (C=O) groups excluding carboxylic acids is 2. The second-order valence-electron chi connectivity index (χ2n) is 12.5. The Kier molecular flexibility index (Phi) is 10.1. The number of carbonyl (C=O) groups is 2. The third kappa shape index (κ3) is 7.54. The van der Waals surface area contributed by atoms with E-state index >= 15 is 0 Å². The highest BCUT2D eigenvalue weighted by Gasteiger charge is 2.46. The maximum absolute atomic E-state index is 13.8. The molecule has 5 fully saturated rings. The number of nitriles is 1. The van der Waals surface area contributed by atoms with Crippen molar-refractivity contribution in [1.29, 1.82) is 5.26 Å². The first-order valence-electron chi connectivity index (χ1n) is 15.5. The number of piperidine rings is 2. The summed E-state index contributed by atoms with van der Waals surface area (Å²) in [5.41, 5.74) is -0.990. The van der Waals surface area contributed by atoms with Crippen molar-refractivity contribution in [1.82, 2.24) is 24.5 Å². The molecule has 12 heteroatoms. The van der Waals surface area contributed by atoms with Crippen LogP contribution in [-0.4, -0.2) is 153 Å². The van der Waals surface area contributed by atoms with Crippen LogP contribution in [-0.2, 0) is 19.1 Å². The van der Waals surface area contributed by atoms with Crippen LogP contribution in [0.5, 0.6) is 0 Å². The van der Waals surface area contributed by atoms with Crippen LogP contribution in [0.15, 0.2) is 0 Å². The summed E-state index contributed by atoms with van der Waals surface area (Å²) in [7, 11) is 0. The number of piperazine rings is 1. The number of amides is 2. The number of likely N-dealkylation sites (tertiary alicyclic amines) is 2. The number of ether oxygens (including phenoxy) is 2. The minimum atomic E-state index is -2.64. The van der Waals surface area contributed by atoms with E-state index in [9.17, 15) is 23.6 Å². The van der Waals surface area contributed by atoms with Gasteiger partial charge in [-0.3, -0.25) is 14.5 Å². The van der Waals surface area contributed by atoms with Gasteiger partial charge in [0.2, 0.25) is 11.8 Å². The van der Waals surface area contributed by atoms with Crippen LogP contribution in [0, 0.1) is 22.7 Å². The molecule has 41 heavy (non-hydrogen) atoms. The van der Waals surface area contributed by atoms with Crippen molar-refractivity contribution in [3.8, 4) is 6.07 Å². The topological polar surface area (TPSA) is 92.6 Å². The molecule has 0 aromatic rings. The van der Waals surface area contributed by atoms with Gasteiger partial charge in [0.25, 0.3) is 5.92 Å². The van der Waals surface area contributed by atoms with Gasteiger partial charge >= 0.3 is 0 Å². The Labute approximate surface area is 242 Å². The maximum atomic E-state index is 13.8. The second kappa shape index (κ2) is 13.6. The van der Waals surface area contributed by atoms with Gasteiger partial charge in [-0.15, -0.1) is 0 Å². The molecular weight excluding hydrogens is 534 g/mol. The fraction of sp³-hybridized carbons (Fsp3) is 0.897. The molecule has 5 aliphatic heterocycles. The monoisotopic (exact) mass is 580 g/mol. The van der Waals surface area contributed by atoms with E-state index in [1.54, 1.807) is 0 Å². The molecule has 0 aromatic carbocycles. The third-order valence-corrected chi connectivity index (χ3v) is 9.86. The number of hydrogen-bond donors (Lipinski definition) is 0. The molecular formula is C29H46F2N6O4. The first-order chi connectivity index (χ1) is 19.8. The standard InChI is InChI=1S/C29H46F2N6O4/c30-29(31)5-9-34(10-6-29)22-25(26(38)36-15-19-41-20-16-36)35-11-13-37(14-12-35)27(39)28(23-32)3-7-33(8-4-28)21-24-1-17-40-18-2-24/h24-25H,1-22H2/t25-/m0/s1. The largest absolute Gasteiger partial charge is 0.381 e. The summed E-state index contributed by atoms with van der Waals surface area (Å²) in [6, 6.07) is 1.95. The van der Waals surface area contributed by atoms with Crippen LogP contribution in [0.4, 0.5) is 8.78 Å². The van der Waals surface area contributed by atoms with E-state index in [0.717, 1.165) is 45.7 Å². The summed E-state index contributed by atoms with van der Waals surface area (Å²) in [5, 5.41) is 10.2. The first kappa shape index (κ1) is 30.5. The summed E-state index contributed by atoms with van der Waals surface area (Å²) in [5.74, 6) is -2.09. The van der Waals surface area contributed by atoms with Gasteiger partial charge in [0.05, 0.1) is 19.3 Å². The van der Waals surface area contributed by atoms with Gasteiger partial charge in [-0.1, -0.05) is 0 Å². The number of nitrogens with zero attached hydrogens (tertiary/aromatic N) is 6. The molecule has 0 spiro atoms. The summed E-state index contributed by atoms with van der Waals surface area (Å²) in [6.07, 6.45) is 2.87. The van der Waals surface area contributed by atoms with Crippen molar-refractivity contribution in [2.45, 2.75) is 50.5 Å². The minimum absolute atomic E-state index is 0.0100. The van der Waals surface area contributed by atoms with E-state index in [-0.39, 0.29) is 37.7 Å². The average molecular weight is 581 g/mol. The van der Waals surface area contributed by atoms with Crippen LogP contribution >= 0.6 is 0 Å². The van der Waals surface area contributed by atoms with Gasteiger partial charge in [-0.25, -0.2) is 8.78 Å². The molecule has 0 N–H and O–H groups in total. The summed E-state index contributed by atoms with van der Waals surface area (Å²) >= 11 is 0. The van der Waals surface area contributed by atoms with Crippen molar-refractivity contribution in [3.05, 3.63) is 0 Å². The number of alkyl halides is 2. The molecule has 1 atom stereocenters. The SMILES string of the molecule is N#CC1(C(=O)N2CCN([C@@H](CN3CCC(F)(F)CC3)C(=O)N3CCOCC3)CC2)CCN(CC2CCOCC2)CC1. The fourth-order valence-electron chi connectivity index (χ4n) is 6.98. The van der Waals surface area contributed by atoms with Gasteiger partial charge in [0.15, 0.2) is 0 Å². The highest BCUT2D eigenvalue weighted by atomic mass is 19.3. The molecule has 230 valence electrons. The van der Waals surface area contributed by atoms with E-state index in [4.69, 9.17) is 9.47 Å². The molecule has 5 rings (SSSR count). The van der Waals surface area contributed by atoms with Gasteiger partial charge in [0.1, 0.15) is 11.5 Å². The van der Waals surface area contributed by atoms with Gasteiger partial charge in [-0.05, 0) is 31.6 Å². The summed E-state index contributed by atoms with van der Waals surface area (Å²) in [6.45, 7) is 9.11. The van der Waals surface area contributed by atoms with Crippen LogP contribution in [0.3, 0.4) is 0 Å². The lowest BCUT2D eigenvalue weighted by Crippen LogP contribution is -2.62. The van der Waals surface area contributed by atoms with Crippen molar-refractivity contribution in [2.75, 3.05) is 105 Å². The Hall–Kier alpha value is -1.91. The Morgan fingerprint density at radius 3 is 1.98 bits per heavy atom. The minimum Gasteiger partial charge on any atom is -0.381 e. The summed E-state index contributed by atoms with van der Waals surface area (Å²) < 4.78 is 38.5. The molecule has 2 amide bonds. The van der Waals surface area contributed by atoms with E-state index in [1.165, 1.54) is 0 Å². The highest BCUT2D eigenvalue weighted by molar-refractivity contribution is 5.86. The second-order valence-corrected chi connectivity index (χ2v) is 12.5. The molecule has 0 aliphatic carbocycles. The molecule has 0 saturated carbocycles. The van der Waals surface area contributed by atoms with Crippen molar-refractivity contribution < 1.29 is 27.8 Å². The number of hydrogen-bond acceptors (Lipinski definition) is 8. The third-order valence-electron chi connectivity index (χ3n) is 9.86. The Morgan fingerprint density at radius 2 is 1.37 bits per heavy atom. The normalized spacial score (nSPS) is 27.7. The predicted molar refractivity (Wildman–Crippen MR) is 147 cm³/mol. The maximum Gasteiger partial charge on any atom is 0.250 e. The quantitative estimate of drug-likeness (QED) is 0.443. The Balaban J connectivity index is 1.17. The Morgan fingerprint density at radius 1 is 0.780 bits per heavy atom. The molecule has 0 radical (unpaired) electrons. The van der Waals surface area contributed by atoms with Crippen molar-refractivity contribution in [3.63, 3.8) is 0 Å². The van der Waals surface area contributed by atoms with E-state index in [1.807, 2.05) is 14.7 Å². The van der Waals surface area contributed by atoms with E-state index in [2.05, 4.69) is 15.9 Å². The zero-order chi connectivity index (χ0) is 28.9. The molecule has 0 bridgehead atoms. The van der Waals surface area contributed by atoms with Crippen LogP contribution in [0.2, 0.25) is 0 Å². The molecule has 5 heterocycles. The lowest BCUT2D eigenvalue weighted by molar-refractivity contribution is -0.147. The molecule has 0 unspecified atom stereocenters. The van der Waals surface area contributed by atoms with Crippen LogP contribution in [0.25, 0.3) is 0 Å². The lowest BCUT2D eigenvalue weighted by Gasteiger charge is -2.45. The first-order valence-corrected chi connectivity index (χ1v) is 15.5. The highest BCUT2D eigenvalue weighted by Crippen LogP contribution is 2.34.